The molecule has 0 saturated carbocycles. The van der Waals surface area contributed by atoms with E-state index in [4.69, 9.17) is 16.3 Å². The highest BCUT2D eigenvalue weighted by Gasteiger charge is 2.08. The first kappa shape index (κ1) is 15.9. The molecular weight excluding hydrogens is 304 g/mol. The summed E-state index contributed by atoms with van der Waals surface area (Å²) in [5, 5.41) is 0.585. The highest BCUT2D eigenvalue weighted by atomic mass is 35.5. The lowest BCUT2D eigenvalue weighted by Gasteiger charge is -2.09. The smallest absolute Gasteiger partial charge is 0.276 e. The van der Waals surface area contributed by atoms with Gasteiger partial charge >= 0.3 is 0 Å². The second kappa shape index (κ2) is 7.47. The molecular formula is C16H15ClN2O3. The number of aryl methyl sites for hydroxylation is 1. The van der Waals surface area contributed by atoms with Crippen LogP contribution in [0.5, 0.6) is 5.75 Å². The molecule has 0 bridgehead atoms. The fourth-order valence-corrected chi connectivity index (χ4v) is 1.83. The average Bonchev–Trinajstić information content (AvgIpc) is 2.52. The Kier molecular flexibility index (Phi) is 5.38. The van der Waals surface area contributed by atoms with Gasteiger partial charge in [-0.15, -0.1) is 0 Å². The van der Waals surface area contributed by atoms with Gasteiger partial charge in [0.05, 0.1) is 0 Å². The summed E-state index contributed by atoms with van der Waals surface area (Å²) in [5.74, 6) is -0.330. The molecule has 5 nitrogen and oxygen atoms in total. The van der Waals surface area contributed by atoms with E-state index in [9.17, 15) is 9.59 Å². The maximum Gasteiger partial charge on any atom is 0.276 e. The second-order valence-corrected chi connectivity index (χ2v) is 5.05. The summed E-state index contributed by atoms with van der Waals surface area (Å²) in [5.41, 5.74) is 6.06. The molecule has 2 amide bonds. The number of rotatable bonds is 4. The largest absolute Gasteiger partial charge is 0.484 e. The van der Waals surface area contributed by atoms with E-state index in [0.717, 1.165) is 5.56 Å². The molecule has 0 fully saturated rings. The number of hydrogen-bond donors (Lipinski definition) is 2. The van der Waals surface area contributed by atoms with Crippen LogP contribution in [0.4, 0.5) is 0 Å². The Bertz CT molecular complexity index is 671. The highest BCUT2D eigenvalue weighted by molar-refractivity contribution is 6.30. The van der Waals surface area contributed by atoms with Crippen molar-refractivity contribution >= 4 is 23.4 Å². The van der Waals surface area contributed by atoms with Gasteiger partial charge in [0.2, 0.25) is 0 Å². The topological polar surface area (TPSA) is 67.4 Å². The molecule has 0 unspecified atom stereocenters. The zero-order chi connectivity index (χ0) is 15.9. The zero-order valence-electron chi connectivity index (χ0n) is 11.9. The van der Waals surface area contributed by atoms with Gasteiger partial charge in [-0.25, -0.2) is 0 Å². The van der Waals surface area contributed by atoms with Crippen LogP contribution in [0, 0.1) is 6.92 Å². The summed E-state index contributed by atoms with van der Waals surface area (Å²) in [6, 6.07) is 13.7. The molecule has 2 rings (SSSR count). The van der Waals surface area contributed by atoms with Gasteiger partial charge in [-0.3, -0.25) is 20.4 Å². The molecule has 0 aliphatic rings. The number of nitrogens with one attached hydrogen (secondary N) is 2. The Morgan fingerprint density at radius 1 is 1.09 bits per heavy atom. The normalized spacial score (nSPS) is 9.91. The second-order valence-electron chi connectivity index (χ2n) is 4.61. The number of benzene rings is 2. The molecule has 0 aromatic heterocycles. The summed E-state index contributed by atoms with van der Waals surface area (Å²) >= 11 is 5.75. The van der Waals surface area contributed by atoms with Crippen LogP contribution in [0.3, 0.4) is 0 Å². The number of ether oxygens (including phenoxy) is 1. The third kappa shape index (κ3) is 4.79. The van der Waals surface area contributed by atoms with E-state index in [2.05, 4.69) is 10.9 Å². The summed E-state index contributed by atoms with van der Waals surface area (Å²) in [7, 11) is 0. The van der Waals surface area contributed by atoms with Crippen LogP contribution in [0.2, 0.25) is 5.02 Å². The molecule has 0 aliphatic carbocycles. The molecule has 22 heavy (non-hydrogen) atoms. The number of carbonyl (C=O) groups is 2. The monoisotopic (exact) mass is 318 g/mol. The maximum atomic E-state index is 11.8. The first-order chi connectivity index (χ1) is 10.5. The van der Waals surface area contributed by atoms with E-state index in [-0.39, 0.29) is 12.5 Å². The molecule has 6 heteroatoms. The van der Waals surface area contributed by atoms with Gasteiger partial charge in [-0.2, -0.15) is 0 Å². The van der Waals surface area contributed by atoms with Crippen LogP contribution in [0.15, 0.2) is 48.5 Å². The Hall–Kier alpha value is -2.53. The van der Waals surface area contributed by atoms with Crippen molar-refractivity contribution in [3.63, 3.8) is 0 Å². The van der Waals surface area contributed by atoms with Gasteiger partial charge in [0.15, 0.2) is 6.61 Å². The van der Waals surface area contributed by atoms with Gasteiger partial charge in [0.1, 0.15) is 5.75 Å². The Labute approximate surface area is 133 Å². The summed E-state index contributed by atoms with van der Waals surface area (Å²) in [6.07, 6.45) is 0. The van der Waals surface area contributed by atoms with Crippen molar-refractivity contribution in [1.29, 1.82) is 0 Å². The predicted molar refractivity (Wildman–Crippen MR) is 83.7 cm³/mol. The third-order valence-electron chi connectivity index (χ3n) is 2.78. The Morgan fingerprint density at radius 2 is 1.82 bits per heavy atom. The van der Waals surface area contributed by atoms with Gasteiger partial charge in [0, 0.05) is 10.6 Å². The first-order valence-electron chi connectivity index (χ1n) is 6.59. The molecule has 0 radical (unpaired) electrons. The molecule has 0 heterocycles. The first-order valence-corrected chi connectivity index (χ1v) is 6.96. The lowest BCUT2D eigenvalue weighted by Crippen LogP contribution is -2.43. The van der Waals surface area contributed by atoms with Crippen molar-refractivity contribution in [2.75, 3.05) is 6.61 Å². The predicted octanol–water partition coefficient (Wildman–Crippen LogP) is 2.49. The molecule has 2 aromatic rings. The standard InChI is InChI=1S/C16H15ClN2O3/c1-11-3-2-4-12(9-11)16(21)19-18-15(20)10-22-14-7-5-13(17)6-8-14/h2-9H,10H2,1H3,(H,18,20)(H,19,21). The minimum Gasteiger partial charge on any atom is -0.484 e. The molecule has 0 saturated heterocycles. The van der Waals surface area contributed by atoms with Crippen LogP contribution in [0.1, 0.15) is 15.9 Å². The minimum atomic E-state index is -0.462. The van der Waals surface area contributed by atoms with Gasteiger partial charge in [-0.1, -0.05) is 29.3 Å². The van der Waals surface area contributed by atoms with Crippen molar-refractivity contribution in [1.82, 2.24) is 10.9 Å². The van der Waals surface area contributed by atoms with E-state index in [1.165, 1.54) is 0 Å². The Morgan fingerprint density at radius 3 is 2.50 bits per heavy atom. The SMILES string of the molecule is Cc1cccc(C(=O)NNC(=O)COc2ccc(Cl)cc2)c1. The number of halogens is 1. The van der Waals surface area contributed by atoms with E-state index in [1.807, 2.05) is 13.0 Å². The van der Waals surface area contributed by atoms with Crippen LogP contribution in [-0.4, -0.2) is 18.4 Å². The Balaban J connectivity index is 1.78. The highest BCUT2D eigenvalue weighted by Crippen LogP contribution is 2.15. The van der Waals surface area contributed by atoms with E-state index in [0.29, 0.717) is 16.3 Å². The molecule has 0 atom stereocenters. The number of carbonyl (C=O) groups excluding carboxylic acids is 2. The van der Waals surface area contributed by atoms with E-state index >= 15 is 0 Å². The molecule has 114 valence electrons. The lowest BCUT2D eigenvalue weighted by atomic mass is 10.1. The van der Waals surface area contributed by atoms with Gasteiger partial charge in [-0.05, 0) is 43.3 Å². The fourth-order valence-electron chi connectivity index (χ4n) is 1.70. The lowest BCUT2D eigenvalue weighted by molar-refractivity contribution is -0.123. The maximum absolute atomic E-state index is 11.8. The summed E-state index contributed by atoms with van der Waals surface area (Å²) in [4.78, 5) is 23.4. The van der Waals surface area contributed by atoms with Crippen LogP contribution >= 0.6 is 11.6 Å². The van der Waals surface area contributed by atoms with E-state index in [1.54, 1.807) is 42.5 Å². The van der Waals surface area contributed by atoms with Crippen molar-refractivity contribution in [3.05, 3.63) is 64.7 Å². The summed E-state index contributed by atoms with van der Waals surface area (Å²) in [6.45, 7) is 1.67. The van der Waals surface area contributed by atoms with E-state index < -0.39 is 5.91 Å². The van der Waals surface area contributed by atoms with Crippen molar-refractivity contribution in [2.24, 2.45) is 0 Å². The van der Waals surface area contributed by atoms with Crippen molar-refractivity contribution in [3.8, 4) is 5.75 Å². The number of hydrazine groups is 1. The third-order valence-corrected chi connectivity index (χ3v) is 3.03. The molecule has 0 spiro atoms. The molecule has 2 N–H and O–H groups in total. The number of hydrogen-bond acceptors (Lipinski definition) is 3. The fraction of sp³-hybridized carbons (Fsp3) is 0.125. The number of amides is 2. The summed E-state index contributed by atoms with van der Waals surface area (Å²) < 4.78 is 5.26. The zero-order valence-corrected chi connectivity index (χ0v) is 12.7. The van der Waals surface area contributed by atoms with Crippen LogP contribution < -0.4 is 15.6 Å². The minimum absolute atomic E-state index is 0.213. The average molecular weight is 319 g/mol. The van der Waals surface area contributed by atoms with Crippen molar-refractivity contribution in [2.45, 2.75) is 6.92 Å². The van der Waals surface area contributed by atoms with Crippen LogP contribution in [-0.2, 0) is 4.79 Å². The molecule has 0 aliphatic heterocycles. The van der Waals surface area contributed by atoms with Crippen LogP contribution in [0.25, 0.3) is 0 Å². The quantitative estimate of drug-likeness (QED) is 0.851. The van der Waals surface area contributed by atoms with Crippen molar-refractivity contribution < 1.29 is 14.3 Å². The van der Waals surface area contributed by atoms with Gasteiger partial charge < -0.3 is 4.74 Å². The van der Waals surface area contributed by atoms with Gasteiger partial charge in [0.25, 0.3) is 11.8 Å². The molecule has 2 aromatic carbocycles.